The topological polar surface area (TPSA) is 72.7 Å². The normalized spacial score (nSPS) is 11.6. The zero-order chi connectivity index (χ0) is 17.3. The van der Waals surface area contributed by atoms with E-state index < -0.39 is 5.56 Å². The molecule has 1 N–H and O–H groups in total. The first-order valence-electron chi connectivity index (χ1n) is 7.72. The van der Waals surface area contributed by atoms with Crippen molar-refractivity contribution in [2.45, 2.75) is 26.9 Å². The van der Waals surface area contributed by atoms with E-state index in [0.717, 1.165) is 4.57 Å². The van der Waals surface area contributed by atoms with Crippen molar-refractivity contribution in [2.75, 3.05) is 0 Å². The van der Waals surface area contributed by atoms with E-state index in [-0.39, 0.29) is 23.6 Å². The minimum Gasteiger partial charge on any atom is -0.333 e. The zero-order valence-electron chi connectivity index (χ0n) is 13.4. The fraction of sp³-hybridized carbons (Fsp3) is 0.235. The van der Waals surface area contributed by atoms with Crippen molar-refractivity contribution in [2.24, 2.45) is 0 Å². The summed E-state index contributed by atoms with van der Waals surface area (Å²) in [5, 5.41) is 0. The Hall–Kier alpha value is -2.96. The van der Waals surface area contributed by atoms with E-state index in [1.165, 1.54) is 10.6 Å². The molecule has 24 heavy (non-hydrogen) atoms. The van der Waals surface area contributed by atoms with Crippen LogP contribution in [-0.4, -0.2) is 19.1 Å². The number of nitrogens with one attached hydrogen (secondary N) is 1. The SMILES string of the molecule is CCn1c(=O)c2[nH]c(C=Cc3ccccc3F)nc2n(CC)c1=O. The van der Waals surface area contributed by atoms with Crippen LogP contribution >= 0.6 is 0 Å². The first-order valence-corrected chi connectivity index (χ1v) is 7.72. The van der Waals surface area contributed by atoms with Gasteiger partial charge in [-0.25, -0.2) is 14.2 Å². The maximum Gasteiger partial charge on any atom is 0.332 e. The summed E-state index contributed by atoms with van der Waals surface area (Å²) in [6, 6.07) is 6.35. The fourth-order valence-electron chi connectivity index (χ4n) is 2.61. The Morgan fingerprint density at radius 3 is 2.50 bits per heavy atom. The van der Waals surface area contributed by atoms with Crippen LogP contribution in [0.5, 0.6) is 0 Å². The number of H-pyrrole nitrogens is 1. The zero-order valence-corrected chi connectivity index (χ0v) is 13.4. The van der Waals surface area contributed by atoms with Gasteiger partial charge in [0, 0.05) is 18.7 Å². The Morgan fingerprint density at radius 1 is 1.12 bits per heavy atom. The van der Waals surface area contributed by atoms with Gasteiger partial charge in [-0.3, -0.25) is 13.9 Å². The monoisotopic (exact) mass is 328 g/mol. The molecule has 0 spiro atoms. The van der Waals surface area contributed by atoms with Crippen LogP contribution in [-0.2, 0) is 13.1 Å². The molecule has 0 fully saturated rings. The first-order chi connectivity index (χ1) is 11.6. The number of rotatable bonds is 4. The Labute approximate surface area is 136 Å². The summed E-state index contributed by atoms with van der Waals surface area (Å²) in [4.78, 5) is 31.9. The molecular weight excluding hydrogens is 311 g/mol. The number of nitrogens with zero attached hydrogens (tertiary/aromatic N) is 3. The van der Waals surface area contributed by atoms with Crippen LogP contribution in [0.1, 0.15) is 25.2 Å². The average Bonchev–Trinajstić information content (AvgIpc) is 2.99. The molecule has 6 nitrogen and oxygen atoms in total. The van der Waals surface area contributed by atoms with Gasteiger partial charge in [-0.1, -0.05) is 18.2 Å². The largest absolute Gasteiger partial charge is 0.333 e. The van der Waals surface area contributed by atoms with Crippen LogP contribution < -0.4 is 11.2 Å². The second-order valence-electron chi connectivity index (χ2n) is 5.25. The van der Waals surface area contributed by atoms with Crippen molar-refractivity contribution >= 4 is 23.3 Å². The highest BCUT2D eigenvalue weighted by molar-refractivity contribution is 5.75. The van der Waals surface area contributed by atoms with E-state index in [4.69, 9.17) is 0 Å². The van der Waals surface area contributed by atoms with Gasteiger partial charge in [0.25, 0.3) is 5.56 Å². The number of halogens is 1. The van der Waals surface area contributed by atoms with Gasteiger partial charge in [0.2, 0.25) is 0 Å². The Morgan fingerprint density at radius 2 is 1.83 bits per heavy atom. The molecule has 0 bridgehead atoms. The van der Waals surface area contributed by atoms with Gasteiger partial charge < -0.3 is 4.98 Å². The van der Waals surface area contributed by atoms with E-state index in [9.17, 15) is 14.0 Å². The predicted octanol–water partition coefficient (Wildman–Crippen LogP) is 2.24. The molecule has 0 radical (unpaired) electrons. The van der Waals surface area contributed by atoms with Gasteiger partial charge in [-0.05, 0) is 32.1 Å². The minimum atomic E-state index is -0.403. The first kappa shape index (κ1) is 15.9. The van der Waals surface area contributed by atoms with Crippen molar-refractivity contribution in [3.8, 4) is 0 Å². The summed E-state index contributed by atoms with van der Waals surface area (Å²) in [7, 11) is 0. The van der Waals surface area contributed by atoms with Gasteiger partial charge in [0.15, 0.2) is 5.65 Å². The Kier molecular flexibility index (Phi) is 4.16. The number of fused-ring (bicyclic) bond motifs is 1. The molecule has 0 unspecified atom stereocenters. The number of hydrogen-bond acceptors (Lipinski definition) is 3. The minimum absolute atomic E-state index is 0.270. The van der Waals surface area contributed by atoms with Crippen molar-refractivity contribution in [3.05, 3.63) is 62.3 Å². The van der Waals surface area contributed by atoms with Crippen LogP contribution in [0.3, 0.4) is 0 Å². The van der Waals surface area contributed by atoms with Crippen LogP contribution in [0.25, 0.3) is 23.3 Å². The lowest BCUT2D eigenvalue weighted by molar-refractivity contribution is 0.605. The highest BCUT2D eigenvalue weighted by Gasteiger charge is 2.14. The maximum atomic E-state index is 13.7. The van der Waals surface area contributed by atoms with Crippen LogP contribution in [0, 0.1) is 5.82 Å². The predicted molar refractivity (Wildman–Crippen MR) is 91.3 cm³/mol. The molecule has 0 aliphatic heterocycles. The second-order valence-corrected chi connectivity index (χ2v) is 5.25. The van der Waals surface area contributed by atoms with E-state index in [0.29, 0.717) is 23.6 Å². The molecule has 7 heteroatoms. The van der Waals surface area contributed by atoms with Gasteiger partial charge >= 0.3 is 5.69 Å². The molecule has 0 aliphatic rings. The van der Waals surface area contributed by atoms with Crippen molar-refractivity contribution in [1.82, 2.24) is 19.1 Å². The molecule has 1 aromatic carbocycles. The van der Waals surface area contributed by atoms with Crippen LogP contribution in [0.2, 0.25) is 0 Å². The van der Waals surface area contributed by atoms with Crippen LogP contribution in [0.4, 0.5) is 4.39 Å². The summed E-state index contributed by atoms with van der Waals surface area (Å²) in [6.45, 7) is 4.24. The van der Waals surface area contributed by atoms with Crippen molar-refractivity contribution in [3.63, 3.8) is 0 Å². The van der Waals surface area contributed by atoms with Crippen molar-refractivity contribution < 1.29 is 4.39 Å². The summed E-state index contributed by atoms with van der Waals surface area (Å²) < 4.78 is 16.3. The molecule has 124 valence electrons. The molecule has 3 rings (SSSR count). The third kappa shape index (κ3) is 2.58. The maximum absolute atomic E-state index is 13.7. The molecule has 0 aliphatic carbocycles. The van der Waals surface area contributed by atoms with E-state index >= 15 is 0 Å². The quantitative estimate of drug-likeness (QED) is 0.798. The lowest BCUT2D eigenvalue weighted by atomic mass is 10.2. The second kappa shape index (κ2) is 6.27. The number of hydrogen-bond donors (Lipinski definition) is 1. The number of aromatic amines is 1. The molecule has 0 saturated heterocycles. The van der Waals surface area contributed by atoms with E-state index in [1.807, 2.05) is 6.92 Å². The Bertz CT molecular complexity index is 1040. The molecule has 0 amide bonds. The number of aromatic nitrogens is 4. The van der Waals surface area contributed by atoms with Gasteiger partial charge in [0.1, 0.15) is 17.2 Å². The summed E-state index contributed by atoms with van der Waals surface area (Å²) in [5.41, 5.74) is 0.211. The summed E-state index contributed by atoms with van der Waals surface area (Å²) in [6.07, 6.45) is 3.15. The smallest absolute Gasteiger partial charge is 0.332 e. The number of aryl methyl sites for hydroxylation is 1. The molecule has 3 aromatic rings. The molecular formula is C17H17FN4O2. The molecule has 0 atom stereocenters. The lowest BCUT2D eigenvalue weighted by Gasteiger charge is -2.06. The summed E-state index contributed by atoms with van der Waals surface area (Å²) in [5.74, 6) is 0.0458. The highest BCUT2D eigenvalue weighted by Crippen LogP contribution is 2.12. The van der Waals surface area contributed by atoms with Gasteiger partial charge in [-0.15, -0.1) is 0 Å². The van der Waals surface area contributed by atoms with E-state index in [1.54, 1.807) is 37.3 Å². The van der Waals surface area contributed by atoms with E-state index in [2.05, 4.69) is 9.97 Å². The summed E-state index contributed by atoms with van der Waals surface area (Å²) >= 11 is 0. The molecule has 0 saturated carbocycles. The average molecular weight is 328 g/mol. The van der Waals surface area contributed by atoms with Gasteiger partial charge in [-0.2, -0.15) is 0 Å². The van der Waals surface area contributed by atoms with Crippen LogP contribution in [0.15, 0.2) is 33.9 Å². The lowest BCUT2D eigenvalue weighted by Crippen LogP contribution is -2.39. The standard InChI is InChI=1S/C17H17FN4O2/c1-3-21-15-14(16(23)22(4-2)17(21)24)19-13(20-15)10-9-11-7-5-6-8-12(11)18/h5-10H,3-4H2,1-2H3,(H,19,20). The number of imidazole rings is 1. The highest BCUT2D eigenvalue weighted by atomic mass is 19.1. The third-order valence-corrected chi connectivity index (χ3v) is 3.84. The third-order valence-electron chi connectivity index (χ3n) is 3.84. The molecule has 2 heterocycles. The number of benzene rings is 1. The Balaban J connectivity index is 2.16. The van der Waals surface area contributed by atoms with Gasteiger partial charge in [0.05, 0.1) is 0 Å². The van der Waals surface area contributed by atoms with Crippen molar-refractivity contribution in [1.29, 1.82) is 0 Å². The molecule has 2 aromatic heterocycles. The fourth-order valence-corrected chi connectivity index (χ4v) is 2.61.